The van der Waals surface area contributed by atoms with Crippen LogP contribution in [0.3, 0.4) is 0 Å². The van der Waals surface area contributed by atoms with Crippen molar-refractivity contribution in [2.75, 3.05) is 5.43 Å². The molecule has 0 bridgehead atoms. The summed E-state index contributed by atoms with van der Waals surface area (Å²) in [6.07, 6.45) is 2.90. The number of unbranched alkanes of at least 4 members (excludes halogenated alkanes) is 1. The van der Waals surface area contributed by atoms with Gasteiger partial charge < -0.3 is 4.74 Å². The number of benzene rings is 1. The summed E-state index contributed by atoms with van der Waals surface area (Å²) in [4.78, 5) is 43.1. The van der Waals surface area contributed by atoms with E-state index in [0.29, 0.717) is 41.1 Å². The maximum atomic E-state index is 13.6. The lowest BCUT2D eigenvalue weighted by atomic mass is 9.94. The summed E-state index contributed by atoms with van der Waals surface area (Å²) >= 11 is 1.48. The number of carbonyl (C=O) groups excluding carboxylic acids is 1. The molecule has 3 aromatic rings. The summed E-state index contributed by atoms with van der Waals surface area (Å²) in [5, 5.41) is 11.4. The van der Waals surface area contributed by atoms with Crippen LogP contribution in [-0.2, 0) is 35.4 Å². The van der Waals surface area contributed by atoms with Gasteiger partial charge in [-0.25, -0.2) is 9.66 Å². The van der Waals surface area contributed by atoms with E-state index in [1.54, 1.807) is 0 Å². The van der Waals surface area contributed by atoms with Gasteiger partial charge in [-0.15, -0.1) is 11.3 Å². The Morgan fingerprint density at radius 3 is 2.73 bits per heavy atom. The number of thiophene rings is 1. The number of carbonyl (C=O) groups is 1. The number of non-ortho nitro benzene ring substituents is 1. The first-order chi connectivity index (χ1) is 15.7. The summed E-state index contributed by atoms with van der Waals surface area (Å²) < 4.78 is 7.18. The van der Waals surface area contributed by atoms with Crippen molar-refractivity contribution in [2.45, 2.75) is 65.1 Å². The molecule has 1 N–H and O–H groups in total. The van der Waals surface area contributed by atoms with E-state index in [9.17, 15) is 19.7 Å². The van der Waals surface area contributed by atoms with Crippen LogP contribution >= 0.6 is 11.3 Å². The molecular formula is C23H26N4O5S. The van der Waals surface area contributed by atoms with Crippen molar-refractivity contribution in [1.29, 1.82) is 0 Å². The smallest absolute Gasteiger partial charge is 0.281 e. The molecule has 1 aliphatic rings. The van der Waals surface area contributed by atoms with Gasteiger partial charge in [0.15, 0.2) is 0 Å². The molecule has 0 saturated carbocycles. The van der Waals surface area contributed by atoms with Crippen LogP contribution in [0.5, 0.6) is 0 Å². The van der Waals surface area contributed by atoms with Gasteiger partial charge in [0.05, 0.1) is 28.9 Å². The zero-order chi connectivity index (χ0) is 23.8. The minimum atomic E-state index is -0.488. The number of fused-ring (bicyclic) bond motifs is 3. The largest absolute Gasteiger partial charge is 0.370 e. The Kier molecular flexibility index (Phi) is 6.31. The number of aryl methyl sites for hydroxylation is 1. The zero-order valence-corrected chi connectivity index (χ0v) is 19.7. The molecule has 0 aliphatic carbocycles. The van der Waals surface area contributed by atoms with E-state index < -0.39 is 10.8 Å². The van der Waals surface area contributed by atoms with Gasteiger partial charge in [-0.2, -0.15) is 0 Å². The molecule has 0 radical (unpaired) electrons. The van der Waals surface area contributed by atoms with E-state index in [-0.39, 0.29) is 23.3 Å². The number of hydrogen-bond donors (Lipinski definition) is 1. The summed E-state index contributed by atoms with van der Waals surface area (Å²) in [6.45, 7) is 6.48. The molecule has 174 valence electrons. The third kappa shape index (κ3) is 4.81. The van der Waals surface area contributed by atoms with Crippen molar-refractivity contribution in [2.24, 2.45) is 0 Å². The first-order valence-corrected chi connectivity index (χ1v) is 11.7. The van der Waals surface area contributed by atoms with E-state index in [1.807, 2.05) is 13.8 Å². The molecule has 3 heterocycles. The number of rotatable bonds is 7. The van der Waals surface area contributed by atoms with Crippen molar-refractivity contribution < 1.29 is 14.5 Å². The molecule has 33 heavy (non-hydrogen) atoms. The molecule has 2 aromatic heterocycles. The Morgan fingerprint density at radius 2 is 2.06 bits per heavy atom. The van der Waals surface area contributed by atoms with Crippen LogP contribution in [0.1, 0.15) is 55.4 Å². The van der Waals surface area contributed by atoms with Crippen LogP contribution in [0.25, 0.3) is 10.2 Å². The van der Waals surface area contributed by atoms with E-state index in [1.165, 1.54) is 40.3 Å². The quantitative estimate of drug-likeness (QED) is 0.414. The van der Waals surface area contributed by atoms with Crippen molar-refractivity contribution in [3.63, 3.8) is 0 Å². The highest BCUT2D eigenvalue weighted by atomic mass is 32.1. The molecule has 0 atom stereocenters. The Labute approximate surface area is 194 Å². The van der Waals surface area contributed by atoms with Gasteiger partial charge in [0.1, 0.15) is 10.7 Å². The fourth-order valence-electron chi connectivity index (χ4n) is 3.94. The second-order valence-corrected chi connectivity index (χ2v) is 9.90. The molecule has 1 amide bonds. The second-order valence-electron chi connectivity index (χ2n) is 8.82. The summed E-state index contributed by atoms with van der Waals surface area (Å²) in [7, 11) is 0. The van der Waals surface area contributed by atoms with Gasteiger partial charge in [0, 0.05) is 29.9 Å². The van der Waals surface area contributed by atoms with E-state index in [4.69, 9.17) is 9.72 Å². The van der Waals surface area contributed by atoms with Gasteiger partial charge in [0.2, 0.25) is 5.91 Å². The first kappa shape index (κ1) is 23.1. The highest BCUT2D eigenvalue weighted by molar-refractivity contribution is 7.18. The zero-order valence-electron chi connectivity index (χ0n) is 18.8. The minimum Gasteiger partial charge on any atom is -0.370 e. The van der Waals surface area contributed by atoms with Gasteiger partial charge in [-0.05, 0) is 31.4 Å². The standard InChI is InChI=1S/C23H26N4O5S/c1-4-5-6-18-24-21-20(16-12-23(2,3)32-13-17(16)33-21)22(29)26(18)25-19(28)11-14-7-9-15(10-8-14)27(30)31/h7-10H,4-6,11-13H2,1-3H3,(H,25,28). The maximum Gasteiger partial charge on any atom is 0.281 e. The molecule has 1 aliphatic heterocycles. The number of nitro benzene ring substituents is 1. The Bertz CT molecular complexity index is 1280. The number of nitro groups is 1. The Morgan fingerprint density at radius 1 is 1.33 bits per heavy atom. The van der Waals surface area contributed by atoms with E-state index in [0.717, 1.165) is 23.3 Å². The lowest BCUT2D eigenvalue weighted by molar-refractivity contribution is -0.384. The molecule has 0 spiro atoms. The number of nitrogens with zero attached hydrogens (tertiary/aromatic N) is 3. The fraction of sp³-hybridized carbons (Fsp3) is 0.435. The van der Waals surface area contributed by atoms with Crippen LogP contribution < -0.4 is 11.0 Å². The highest BCUT2D eigenvalue weighted by Crippen LogP contribution is 2.36. The number of amides is 1. The predicted octanol–water partition coefficient (Wildman–Crippen LogP) is 3.87. The molecular weight excluding hydrogens is 444 g/mol. The van der Waals surface area contributed by atoms with Crippen LogP contribution in [0, 0.1) is 10.1 Å². The summed E-state index contributed by atoms with van der Waals surface area (Å²) in [6, 6.07) is 5.79. The van der Waals surface area contributed by atoms with Crippen LogP contribution in [-0.4, -0.2) is 26.1 Å². The Hall–Kier alpha value is -3.11. The Balaban J connectivity index is 1.68. The monoisotopic (exact) mass is 470 g/mol. The number of aromatic nitrogens is 2. The van der Waals surface area contributed by atoms with Crippen LogP contribution in [0.4, 0.5) is 5.69 Å². The maximum absolute atomic E-state index is 13.6. The number of hydrogen-bond acceptors (Lipinski definition) is 7. The average Bonchev–Trinajstić information content (AvgIpc) is 3.11. The lowest BCUT2D eigenvalue weighted by Gasteiger charge is -2.29. The van der Waals surface area contributed by atoms with Gasteiger partial charge >= 0.3 is 0 Å². The van der Waals surface area contributed by atoms with Crippen molar-refractivity contribution in [1.82, 2.24) is 9.66 Å². The summed E-state index contributed by atoms with van der Waals surface area (Å²) in [5.41, 5.74) is 3.59. The van der Waals surface area contributed by atoms with Gasteiger partial charge in [-0.1, -0.05) is 25.5 Å². The molecule has 0 fully saturated rings. The second kappa shape index (κ2) is 9.03. The summed E-state index contributed by atoms with van der Waals surface area (Å²) in [5.74, 6) is 0.128. The van der Waals surface area contributed by atoms with Crippen LogP contribution in [0.15, 0.2) is 29.1 Å². The number of ether oxygens (including phenoxy) is 1. The van der Waals surface area contributed by atoms with Crippen molar-refractivity contribution in [3.05, 3.63) is 66.6 Å². The van der Waals surface area contributed by atoms with E-state index in [2.05, 4.69) is 12.3 Å². The molecule has 1 aromatic carbocycles. The van der Waals surface area contributed by atoms with Gasteiger partial charge in [0.25, 0.3) is 11.2 Å². The van der Waals surface area contributed by atoms with Crippen molar-refractivity contribution in [3.8, 4) is 0 Å². The molecule has 0 saturated heterocycles. The van der Waals surface area contributed by atoms with E-state index >= 15 is 0 Å². The average molecular weight is 471 g/mol. The highest BCUT2D eigenvalue weighted by Gasteiger charge is 2.31. The van der Waals surface area contributed by atoms with Crippen LogP contribution in [0.2, 0.25) is 0 Å². The molecule has 4 rings (SSSR count). The predicted molar refractivity (Wildman–Crippen MR) is 126 cm³/mol. The molecule has 10 heteroatoms. The molecule has 9 nitrogen and oxygen atoms in total. The fourth-order valence-corrected chi connectivity index (χ4v) is 5.05. The normalized spacial score (nSPS) is 14.8. The lowest BCUT2D eigenvalue weighted by Crippen LogP contribution is -2.38. The van der Waals surface area contributed by atoms with Gasteiger partial charge in [-0.3, -0.25) is 25.1 Å². The number of nitrogens with one attached hydrogen (secondary N) is 1. The first-order valence-electron chi connectivity index (χ1n) is 10.9. The van der Waals surface area contributed by atoms with Crippen molar-refractivity contribution >= 4 is 33.1 Å². The SMILES string of the molecule is CCCCc1nc2sc3c(c2c(=O)n1NC(=O)Cc1ccc([N+](=O)[O-])cc1)CC(C)(C)OC3. The molecule has 0 unspecified atom stereocenters. The third-order valence-electron chi connectivity index (χ3n) is 5.68. The third-order valence-corrected chi connectivity index (χ3v) is 6.78. The minimum absolute atomic E-state index is 0.0156. The topological polar surface area (TPSA) is 116 Å².